The molecular formula is C16H8FN3O2S2. The molecule has 0 spiro atoms. The topological polar surface area (TPSA) is 68.0 Å². The van der Waals surface area contributed by atoms with Crippen molar-refractivity contribution >= 4 is 51.3 Å². The molecule has 3 aromatic rings. The second-order valence-corrected chi connectivity index (χ2v) is 6.69. The van der Waals surface area contributed by atoms with E-state index in [1.807, 2.05) is 0 Å². The van der Waals surface area contributed by atoms with Crippen LogP contribution in [-0.2, 0) is 4.79 Å². The van der Waals surface area contributed by atoms with Gasteiger partial charge in [-0.2, -0.15) is 4.39 Å². The van der Waals surface area contributed by atoms with E-state index in [1.165, 1.54) is 24.0 Å². The van der Waals surface area contributed by atoms with Crippen molar-refractivity contribution in [3.8, 4) is 11.1 Å². The largest absolute Gasteiger partial charge is 0.456 e. The highest BCUT2D eigenvalue weighted by Crippen LogP contribution is 2.32. The third-order valence-electron chi connectivity index (χ3n) is 3.40. The highest BCUT2D eigenvalue weighted by molar-refractivity contribution is 8.26. The maximum Gasteiger partial charge on any atom is 0.263 e. The molecule has 0 radical (unpaired) electrons. The number of pyridine rings is 2. The van der Waals surface area contributed by atoms with Gasteiger partial charge in [-0.15, -0.1) is 0 Å². The van der Waals surface area contributed by atoms with Gasteiger partial charge in [-0.3, -0.25) is 9.78 Å². The Hall–Kier alpha value is -2.58. The van der Waals surface area contributed by atoms with Gasteiger partial charge in [0.25, 0.3) is 5.91 Å². The summed E-state index contributed by atoms with van der Waals surface area (Å²) in [5.74, 6) is -0.285. The molecule has 0 saturated carbocycles. The lowest BCUT2D eigenvalue weighted by molar-refractivity contribution is -0.115. The molecule has 8 heteroatoms. The van der Waals surface area contributed by atoms with Gasteiger partial charge >= 0.3 is 0 Å². The first-order valence-electron chi connectivity index (χ1n) is 6.84. The molecule has 1 aliphatic rings. The fourth-order valence-corrected chi connectivity index (χ4v) is 3.37. The molecule has 1 saturated heterocycles. The van der Waals surface area contributed by atoms with Crippen molar-refractivity contribution in [2.45, 2.75) is 0 Å². The van der Waals surface area contributed by atoms with E-state index < -0.39 is 5.95 Å². The first-order chi connectivity index (χ1) is 11.6. The van der Waals surface area contributed by atoms with Crippen molar-refractivity contribution in [3.05, 3.63) is 53.4 Å². The molecule has 1 amide bonds. The van der Waals surface area contributed by atoms with Crippen LogP contribution in [0.1, 0.15) is 5.76 Å². The Morgan fingerprint density at radius 3 is 2.88 bits per heavy atom. The van der Waals surface area contributed by atoms with Crippen molar-refractivity contribution < 1.29 is 13.6 Å². The molecule has 3 aromatic heterocycles. The van der Waals surface area contributed by atoms with Crippen LogP contribution in [0.15, 0.2) is 46.1 Å². The molecule has 0 atom stereocenters. The predicted octanol–water partition coefficient (Wildman–Crippen LogP) is 3.52. The molecule has 0 aromatic carbocycles. The lowest BCUT2D eigenvalue weighted by atomic mass is 10.1. The van der Waals surface area contributed by atoms with E-state index in [1.54, 1.807) is 30.6 Å². The van der Waals surface area contributed by atoms with Gasteiger partial charge in [0, 0.05) is 41.2 Å². The lowest BCUT2D eigenvalue weighted by Crippen LogP contribution is -2.17. The fraction of sp³-hybridized carbons (Fsp3) is 0. The third-order valence-corrected chi connectivity index (χ3v) is 4.56. The van der Waals surface area contributed by atoms with Crippen LogP contribution in [-0.4, -0.2) is 20.2 Å². The second kappa shape index (κ2) is 5.81. The van der Waals surface area contributed by atoms with Crippen LogP contribution in [0.25, 0.3) is 28.2 Å². The number of hydrogen-bond donors (Lipinski definition) is 1. The Balaban J connectivity index is 1.80. The van der Waals surface area contributed by atoms with Gasteiger partial charge in [-0.25, -0.2) is 4.98 Å². The molecule has 4 heterocycles. The summed E-state index contributed by atoms with van der Waals surface area (Å²) in [6.07, 6.45) is 6.34. The smallest absolute Gasteiger partial charge is 0.263 e. The minimum Gasteiger partial charge on any atom is -0.456 e. The van der Waals surface area contributed by atoms with Crippen molar-refractivity contribution in [2.75, 3.05) is 0 Å². The molecule has 0 unspecified atom stereocenters. The molecule has 0 bridgehead atoms. The van der Waals surface area contributed by atoms with E-state index in [4.69, 9.17) is 16.6 Å². The summed E-state index contributed by atoms with van der Waals surface area (Å²) in [6, 6.07) is 4.67. The van der Waals surface area contributed by atoms with E-state index in [0.717, 1.165) is 5.39 Å². The number of carbonyl (C=O) groups excluding carboxylic acids is 1. The first-order valence-corrected chi connectivity index (χ1v) is 8.07. The quantitative estimate of drug-likeness (QED) is 0.430. The van der Waals surface area contributed by atoms with Crippen LogP contribution in [0, 0.1) is 5.95 Å². The third kappa shape index (κ3) is 2.70. The van der Waals surface area contributed by atoms with E-state index in [2.05, 4.69) is 15.3 Å². The maximum absolute atomic E-state index is 13.0. The predicted molar refractivity (Wildman–Crippen MR) is 93.5 cm³/mol. The average molecular weight is 357 g/mol. The number of rotatable bonds is 2. The Morgan fingerprint density at radius 2 is 2.17 bits per heavy atom. The summed E-state index contributed by atoms with van der Waals surface area (Å²) < 4.78 is 19.3. The van der Waals surface area contributed by atoms with E-state index in [-0.39, 0.29) is 5.91 Å². The molecular weight excluding hydrogens is 349 g/mol. The summed E-state index contributed by atoms with van der Waals surface area (Å²) in [6.45, 7) is 0. The molecule has 1 aliphatic heterocycles. The Bertz CT molecular complexity index is 1010. The van der Waals surface area contributed by atoms with Gasteiger partial charge < -0.3 is 9.73 Å². The number of nitrogens with zero attached hydrogens (tertiary/aromatic N) is 2. The van der Waals surface area contributed by atoms with Crippen molar-refractivity contribution in [2.24, 2.45) is 0 Å². The molecule has 118 valence electrons. The maximum atomic E-state index is 13.0. The Kier molecular flexibility index (Phi) is 3.62. The number of aromatic nitrogens is 2. The zero-order valence-electron chi connectivity index (χ0n) is 11.9. The molecule has 24 heavy (non-hydrogen) atoms. The number of amides is 1. The van der Waals surface area contributed by atoms with Gasteiger partial charge in [-0.1, -0.05) is 24.0 Å². The minimum absolute atomic E-state index is 0.244. The molecule has 4 rings (SSSR count). The Labute approximate surface area is 145 Å². The molecule has 1 fully saturated rings. The van der Waals surface area contributed by atoms with Crippen LogP contribution < -0.4 is 5.32 Å². The number of thioether (sulfide) groups is 1. The molecule has 5 nitrogen and oxygen atoms in total. The van der Waals surface area contributed by atoms with Crippen LogP contribution in [0.2, 0.25) is 0 Å². The highest BCUT2D eigenvalue weighted by Gasteiger charge is 2.22. The second-order valence-electron chi connectivity index (χ2n) is 4.98. The average Bonchev–Trinajstić information content (AvgIpc) is 3.10. The zero-order valence-corrected chi connectivity index (χ0v) is 13.6. The summed E-state index contributed by atoms with van der Waals surface area (Å²) in [4.78, 5) is 20.0. The van der Waals surface area contributed by atoms with Crippen LogP contribution in [0.5, 0.6) is 0 Å². The first kappa shape index (κ1) is 15.0. The number of nitrogens with one attached hydrogen (secondary N) is 1. The molecule has 1 N–H and O–H groups in total. The fourth-order valence-electron chi connectivity index (χ4n) is 2.34. The van der Waals surface area contributed by atoms with Crippen molar-refractivity contribution in [1.29, 1.82) is 0 Å². The number of halogens is 1. The van der Waals surface area contributed by atoms with Gasteiger partial charge in [0.05, 0.1) is 4.91 Å². The van der Waals surface area contributed by atoms with Gasteiger partial charge in [-0.05, 0) is 18.2 Å². The SMILES string of the molecule is O=C1NC(=S)S/C1=C\c1cc2cncc(-c3ccc(F)nc3)c2o1. The van der Waals surface area contributed by atoms with E-state index >= 15 is 0 Å². The highest BCUT2D eigenvalue weighted by atomic mass is 32.2. The normalized spacial score (nSPS) is 16.1. The van der Waals surface area contributed by atoms with Crippen LogP contribution in [0.3, 0.4) is 0 Å². The number of thiocarbonyl (C=S) groups is 1. The minimum atomic E-state index is -0.552. The van der Waals surface area contributed by atoms with E-state index in [9.17, 15) is 9.18 Å². The number of hydrogen-bond acceptors (Lipinski definition) is 6. The standard InChI is InChI=1S/C16H8FN3O2S2/c17-13-2-1-8(6-19-13)11-7-18-5-9-3-10(22-14(9)11)4-12-15(21)20-16(23)24-12/h1-7H,(H,20,21,23)/b12-4-. The van der Waals surface area contributed by atoms with Crippen molar-refractivity contribution in [1.82, 2.24) is 15.3 Å². The van der Waals surface area contributed by atoms with Crippen molar-refractivity contribution in [3.63, 3.8) is 0 Å². The molecule has 0 aliphatic carbocycles. The van der Waals surface area contributed by atoms with Crippen LogP contribution in [0.4, 0.5) is 4.39 Å². The van der Waals surface area contributed by atoms with E-state index in [0.29, 0.717) is 31.7 Å². The number of furan rings is 1. The Morgan fingerprint density at radius 1 is 1.29 bits per heavy atom. The number of carbonyl (C=O) groups is 1. The summed E-state index contributed by atoms with van der Waals surface area (Å²) >= 11 is 6.15. The summed E-state index contributed by atoms with van der Waals surface area (Å²) in [7, 11) is 0. The van der Waals surface area contributed by atoms with Gasteiger partial charge in [0.2, 0.25) is 5.95 Å². The lowest BCUT2D eigenvalue weighted by Gasteiger charge is -2.01. The van der Waals surface area contributed by atoms with Gasteiger partial charge in [0.1, 0.15) is 15.7 Å². The van der Waals surface area contributed by atoms with Crippen LogP contribution >= 0.6 is 24.0 Å². The monoisotopic (exact) mass is 357 g/mol. The summed E-state index contributed by atoms with van der Waals surface area (Å²) in [5, 5.41) is 3.33. The summed E-state index contributed by atoms with van der Waals surface area (Å²) in [5.41, 5.74) is 1.98. The van der Waals surface area contributed by atoms with Gasteiger partial charge in [0.15, 0.2) is 0 Å². The number of fused-ring (bicyclic) bond motifs is 1. The zero-order chi connectivity index (χ0) is 16.7.